The van der Waals surface area contributed by atoms with Gasteiger partial charge in [-0.1, -0.05) is 11.8 Å². The number of amides is 1. The molecule has 2 aromatic heterocycles. The first-order valence-corrected chi connectivity index (χ1v) is 11.5. The molecule has 31 heavy (non-hydrogen) atoms. The van der Waals surface area contributed by atoms with Crippen molar-refractivity contribution < 1.29 is 13.2 Å². The van der Waals surface area contributed by atoms with Gasteiger partial charge in [-0.2, -0.15) is 0 Å². The van der Waals surface area contributed by atoms with E-state index in [2.05, 4.69) is 30.0 Å². The van der Waals surface area contributed by atoms with Gasteiger partial charge in [0.1, 0.15) is 0 Å². The Labute approximate surface area is 183 Å². The molecule has 0 aliphatic rings. The Hall–Kier alpha value is -3.25. The fraction of sp³-hybridized carbons (Fsp3) is 0.211. The van der Waals surface area contributed by atoms with Gasteiger partial charge in [0.15, 0.2) is 5.16 Å². The van der Waals surface area contributed by atoms with Crippen molar-refractivity contribution in [1.29, 1.82) is 0 Å². The summed E-state index contributed by atoms with van der Waals surface area (Å²) >= 11 is 1.09. The van der Waals surface area contributed by atoms with Crippen molar-refractivity contribution in [3.05, 3.63) is 63.8 Å². The Kier molecular flexibility index (Phi) is 6.71. The minimum Gasteiger partial charge on any atom is -0.325 e. The van der Waals surface area contributed by atoms with Crippen LogP contribution in [-0.2, 0) is 14.8 Å². The van der Waals surface area contributed by atoms with Crippen LogP contribution in [0.3, 0.4) is 0 Å². The Morgan fingerprint density at radius 1 is 1.00 bits per heavy atom. The smallest absolute Gasteiger partial charge is 0.264 e. The van der Waals surface area contributed by atoms with E-state index in [9.17, 15) is 18.0 Å². The fourth-order valence-corrected chi connectivity index (χ4v) is 4.28. The van der Waals surface area contributed by atoms with Crippen LogP contribution in [0.4, 0.5) is 11.6 Å². The molecular formula is C19H20N6O4S2. The summed E-state index contributed by atoms with van der Waals surface area (Å²) in [6.45, 7) is 5.18. The van der Waals surface area contributed by atoms with Crippen LogP contribution in [0.2, 0.25) is 0 Å². The third-order valence-electron chi connectivity index (χ3n) is 3.84. The quantitative estimate of drug-likeness (QED) is 0.358. The van der Waals surface area contributed by atoms with E-state index in [-0.39, 0.29) is 28.1 Å². The Morgan fingerprint density at radius 3 is 2.23 bits per heavy atom. The maximum absolute atomic E-state index is 12.6. The molecule has 0 aliphatic heterocycles. The number of hydrogen-bond donors (Lipinski definition) is 3. The van der Waals surface area contributed by atoms with Crippen LogP contribution in [0.15, 0.2) is 51.2 Å². The Balaban J connectivity index is 1.62. The largest absolute Gasteiger partial charge is 0.325 e. The third kappa shape index (κ3) is 6.36. The Morgan fingerprint density at radius 2 is 1.61 bits per heavy atom. The molecule has 3 N–H and O–H groups in total. The number of nitrogens with zero attached hydrogens (tertiary/aromatic N) is 3. The number of carbonyl (C=O) groups excluding carboxylic acids is 1. The number of benzene rings is 1. The summed E-state index contributed by atoms with van der Waals surface area (Å²) in [7, 11) is -3.88. The van der Waals surface area contributed by atoms with Gasteiger partial charge >= 0.3 is 0 Å². The van der Waals surface area contributed by atoms with Gasteiger partial charge in [-0.3, -0.25) is 9.59 Å². The predicted molar refractivity (Wildman–Crippen MR) is 118 cm³/mol. The van der Waals surface area contributed by atoms with E-state index in [1.54, 1.807) is 26.8 Å². The first-order chi connectivity index (χ1) is 14.6. The van der Waals surface area contributed by atoms with Gasteiger partial charge in [0.05, 0.1) is 10.6 Å². The molecule has 162 valence electrons. The van der Waals surface area contributed by atoms with E-state index in [0.29, 0.717) is 27.9 Å². The number of aromatic amines is 1. The van der Waals surface area contributed by atoms with Gasteiger partial charge in [-0.25, -0.2) is 28.1 Å². The second-order valence-corrected chi connectivity index (χ2v) is 9.28. The van der Waals surface area contributed by atoms with Gasteiger partial charge in [-0.05, 0) is 51.1 Å². The molecule has 2 heterocycles. The third-order valence-corrected chi connectivity index (χ3v) is 6.06. The molecule has 3 aromatic rings. The van der Waals surface area contributed by atoms with Gasteiger partial charge < -0.3 is 10.3 Å². The van der Waals surface area contributed by atoms with Gasteiger partial charge in [0.2, 0.25) is 11.9 Å². The van der Waals surface area contributed by atoms with Crippen LogP contribution in [-0.4, -0.2) is 40.0 Å². The number of sulfonamides is 1. The lowest BCUT2D eigenvalue weighted by Gasteiger charge is -2.09. The molecule has 0 atom stereocenters. The van der Waals surface area contributed by atoms with E-state index < -0.39 is 10.0 Å². The standard InChI is InChI=1S/C19H20N6O4S2/c1-11-8-12(2)21-18(20-11)25-31(28,29)15-6-4-14(5-7-15)23-17(27)10-30-19-22-13(3)9-16(26)24-19/h4-9H,10H2,1-3H3,(H,23,27)(H,20,21,25)(H,22,24,26). The molecule has 0 radical (unpaired) electrons. The van der Waals surface area contributed by atoms with Crippen LogP contribution < -0.4 is 15.6 Å². The van der Waals surface area contributed by atoms with Gasteiger partial charge in [0, 0.05) is 28.8 Å². The zero-order valence-electron chi connectivity index (χ0n) is 17.0. The maximum Gasteiger partial charge on any atom is 0.264 e. The highest BCUT2D eigenvalue weighted by Crippen LogP contribution is 2.18. The predicted octanol–water partition coefficient (Wildman–Crippen LogP) is 2.02. The lowest BCUT2D eigenvalue weighted by atomic mass is 10.3. The molecule has 3 rings (SSSR count). The number of thioether (sulfide) groups is 1. The van der Waals surface area contributed by atoms with Crippen LogP contribution >= 0.6 is 11.8 Å². The molecular weight excluding hydrogens is 440 g/mol. The average Bonchev–Trinajstić information content (AvgIpc) is 2.65. The number of aromatic nitrogens is 4. The number of anilines is 2. The number of aryl methyl sites for hydroxylation is 3. The normalized spacial score (nSPS) is 11.2. The second-order valence-electron chi connectivity index (χ2n) is 6.63. The van der Waals surface area contributed by atoms with E-state index in [1.807, 2.05) is 0 Å². The van der Waals surface area contributed by atoms with Crippen molar-refractivity contribution in [3.8, 4) is 0 Å². The van der Waals surface area contributed by atoms with Crippen LogP contribution in [0.1, 0.15) is 17.1 Å². The number of hydrogen-bond acceptors (Lipinski definition) is 8. The first kappa shape index (κ1) is 22.4. The average molecular weight is 461 g/mol. The van der Waals surface area contributed by atoms with Crippen LogP contribution in [0, 0.1) is 20.8 Å². The number of rotatable bonds is 7. The summed E-state index contributed by atoms with van der Waals surface area (Å²) < 4.78 is 27.5. The molecule has 0 spiro atoms. The summed E-state index contributed by atoms with van der Waals surface area (Å²) in [5.41, 5.74) is 1.99. The number of H-pyrrole nitrogens is 1. The summed E-state index contributed by atoms with van der Waals surface area (Å²) in [5.74, 6) is -0.306. The van der Waals surface area contributed by atoms with Gasteiger partial charge in [-0.15, -0.1) is 0 Å². The van der Waals surface area contributed by atoms with E-state index in [1.165, 1.54) is 30.3 Å². The zero-order chi connectivity index (χ0) is 22.6. The lowest BCUT2D eigenvalue weighted by molar-refractivity contribution is -0.113. The maximum atomic E-state index is 12.6. The number of nitrogens with one attached hydrogen (secondary N) is 3. The molecule has 0 bridgehead atoms. The summed E-state index contributed by atoms with van der Waals surface area (Å²) in [6.07, 6.45) is 0. The monoisotopic (exact) mass is 460 g/mol. The Bertz CT molecular complexity index is 1250. The minimum atomic E-state index is -3.88. The summed E-state index contributed by atoms with van der Waals surface area (Å²) in [5, 5.41) is 3.01. The summed E-state index contributed by atoms with van der Waals surface area (Å²) in [4.78, 5) is 38.4. The van der Waals surface area contributed by atoms with Crippen molar-refractivity contribution in [2.24, 2.45) is 0 Å². The van der Waals surface area contributed by atoms with Crippen molar-refractivity contribution in [2.75, 3.05) is 15.8 Å². The van der Waals surface area contributed by atoms with Crippen LogP contribution in [0.25, 0.3) is 0 Å². The first-order valence-electron chi connectivity index (χ1n) is 9.06. The highest BCUT2D eigenvalue weighted by atomic mass is 32.2. The van der Waals surface area contributed by atoms with Crippen molar-refractivity contribution in [1.82, 2.24) is 19.9 Å². The molecule has 10 nitrogen and oxygen atoms in total. The summed E-state index contributed by atoms with van der Waals surface area (Å²) in [6, 6.07) is 8.79. The molecule has 0 aliphatic carbocycles. The second kappa shape index (κ2) is 9.27. The molecule has 0 saturated heterocycles. The van der Waals surface area contributed by atoms with Crippen LogP contribution in [0.5, 0.6) is 0 Å². The van der Waals surface area contributed by atoms with E-state index in [0.717, 1.165) is 11.8 Å². The molecule has 0 fully saturated rings. The molecule has 1 aromatic carbocycles. The number of carbonyl (C=O) groups is 1. The highest BCUT2D eigenvalue weighted by Gasteiger charge is 2.16. The molecule has 0 unspecified atom stereocenters. The van der Waals surface area contributed by atoms with Crippen molar-refractivity contribution in [3.63, 3.8) is 0 Å². The fourth-order valence-electron chi connectivity index (χ4n) is 2.62. The van der Waals surface area contributed by atoms with Gasteiger partial charge in [0.25, 0.3) is 15.6 Å². The van der Waals surface area contributed by atoms with Crippen molar-refractivity contribution >= 4 is 39.3 Å². The highest BCUT2D eigenvalue weighted by molar-refractivity contribution is 7.99. The van der Waals surface area contributed by atoms with Crippen molar-refractivity contribution in [2.45, 2.75) is 30.8 Å². The molecule has 12 heteroatoms. The van der Waals surface area contributed by atoms with E-state index in [4.69, 9.17) is 0 Å². The topological polar surface area (TPSA) is 147 Å². The SMILES string of the molecule is Cc1cc(C)nc(NS(=O)(=O)c2ccc(NC(=O)CSc3nc(C)cc(=O)[nH]3)cc2)n1. The van der Waals surface area contributed by atoms with E-state index >= 15 is 0 Å². The molecule has 1 amide bonds. The zero-order valence-corrected chi connectivity index (χ0v) is 18.6. The molecule has 0 saturated carbocycles. The lowest BCUT2D eigenvalue weighted by Crippen LogP contribution is -2.17. The minimum absolute atomic E-state index is 0.00386.